The lowest BCUT2D eigenvalue weighted by atomic mass is 10.0. The molecule has 2 rings (SSSR count). The average Bonchev–Trinajstić information content (AvgIpc) is 2.90. The van der Waals surface area contributed by atoms with Gasteiger partial charge < -0.3 is 10.6 Å². The molecule has 0 aromatic carbocycles. The van der Waals surface area contributed by atoms with Crippen LogP contribution in [0.2, 0.25) is 0 Å². The first-order valence-corrected chi connectivity index (χ1v) is 8.63. The van der Waals surface area contributed by atoms with E-state index in [0.717, 1.165) is 50.0 Å². The molecule has 1 aromatic rings. The number of aromatic nitrogens is 1. The summed E-state index contributed by atoms with van der Waals surface area (Å²) in [6, 6.07) is 0.491. The number of hydrogen-bond donors (Lipinski definition) is 2. The highest BCUT2D eigenvalue weighted by atomic mass is 32.1. The lowest BCUT2D eigenvalue weighted by molar-refractivity contribution is 0.221. The zero-order valence-corrected chi connectivity index (χ0v) is 14.7. The number of thiazole rings is 1. The minimum absolute atomic E-state index is 0.491. The summed E-state index contributed by atoms with van der Waals surface area (Å²) in [6.07, 6.45) is 4.20. The van der Waals surface area contributed by atoms with Gasteiger partial charge in [0, 0.05) is 43.8 Å². The van der Waals surface area contributed by atoms with Crippen LogP contribution in [0.3, 0.4) is 0 Å². The summed E-state index contributed by atoms with van der Waals surface area (Å²) in [5.41, 5.74) is 1.24. The number of hydrogen-bond acceptors (Lipinski definition) is 4. The highest BCUT2D eigenvalue weighted by Crippen LogP contribution is 2.12. The van der Waals surface area contributed by atoms with E-state index in [1.807, 2.05) is 13.2 Å². The van der Waals surface area contributed by atoms with Crippen LogP contribution < -0.4 is 10.6 Å². The number of aliphatic imine (C=N–C) groups is 1. The van der Waals surface area contributed by atoms with Crippen molar-refractivity contribution in [3.8, 4) is 0 Å². The Bertz CT molecular complexity index is 514. The molecule has 0 unspecified atom stereocenters. The minimum atomic E-state index is 0.491. The van der Waals surface area contributed by atoms with Gasteiger partial charge in [0.25, 0.3) is 0 Å². The van der Waals surface area contributed by atoms with Gasteiger partial charge in [-0.25, -0.2) is 4.98 Å². The van der Waals surface area contributed by atoms with Crippen LogP contribution in [-0.2, 0) is 6.54 Å². The van der Waals surface area contributed by atoms with Gasteiger partial charge in [-0.3, -0.25) is 9.89 Å². The summed E-state index contributed by atoms with van der Waals surface area (Å²) in [7, 11) is 1.82. The molecule has 0 spiro atoms. The highest BCUT2D eigenvalue weighted by Gasteiger charge is 2.19. The Labute approximate surface area is 137 Å². The summed E-state index contributed by atoms with van der Waals surface area (Å²) in [4.78, 5) is 12.4. The second-order valence-corrected chi connectivity index (χ2v) is 7.26. The third-order valence-corrected chi connectivity index (χ3v) is 4.63. The first-order valence-electron chi connectivity index (χ1n) is 7.82. The van der Waals surface area contributed by atoms with Crippen molar-refractivity contribution in [1.29, 1.82) is 0 Å². The van der Waals surface area contributed by atoms with Gasteiger partial charge in [0.15, 0.2) is 5.96 Å². The second-order valence-electron chi connectivity index (χ2n) is 5.94. The number of nitrogens with zero attached hydrogens (tertiary/aromatic N) is 3. The fraction of sp³-hybridized carbons (Fsp3) is 0.625. The van der Waals surface area contributed by atoms with E-state index in [9.17, 15) is 0 Å². The predicted molar refractivity (Wildman–Crippen MR) is 94.5 cm³/mol. The number of guanidine groups is 1. The van der Waals surface area contributed by atoms with E-state index in [1.54, 1.807) is 11.3 Å². The molecule has 122 valence electrons. The number of nitrogens with one attached hydrogen (secondary N) is 2. The molecule has 22 heavy (non-hydrogen) atoms. The third-order valence-electron chi connectivity index (χ3n) is 3.72. The summed E-state index contributed by atoms with van der Waals surface area (Å²) in [5, 5.41) is 7.97. The largest absolute Gasteiger partial charge is 0.354 e. The lowest BCUT2D eigenvalue weighted by Gasteiger charge is -2.33. The van der Waals surface area contributed by atoms with E-state index < -0.39 is 0 Å². The van der Waals surface area contributed by atoms with E-state index in [4.69, 9.17) is 0 Å². The summed E-state index contributed by atoms with van der Waals surface area (Å²) < 4.78 is 0. The molecule has 0 saturated carbocycles. The second kappa shape index (κ2) is 8.29. The number of piperidine rings is 1. The molecule has 1 aromatic heterocycles. The Morgan fingerprint density at radius 1 is 1.50 bits per heavy atom. The predicted octanol–water partition coefficient (Wildman–Crippen LogP) is 2.16. The average molecular weight is 321 g/mol. The van der Waals surface area contributed by atoms with Crippen LogP contribution >= 0.6 is 11.3 Å². The van der Waals surface area contributed by atoms with Crippen LogP contribution in [0.25, 0.3) is 0 Å². The van der Waals surface area contributed by atoms with Crippen LogP contribution in [0.1, 0.15) is 29.7 Å². The first-order chi connectivity index (χ1) is 10.6. The molecular weight excluding hydrogens is 294 g/mol. The zero-order valence-electron chi connectivity index (χ0n) is 13.9. The van der Waals surface area contributed by atoms with Crippen molar-refractivity contribution >= 4 is 17.3 Å². The summed E-state index contributed by atoms with van der Waals surface area (Å²) >= 11 is 1.72. The van der Waals surface area contributed by atoms with Crippen molar-refractivity contribution in [2.45, 2.75) is 39.3 Å². The molecule has 1 aliphatic heterocycles. The Morgan fingerprint density at radius 2 is 2.23 bits per heavy atom. The van der Waals surface area contributed by atoms with E-state index in [0.29, 0.717) is 6.04 Å². The van der Waals surface area contributed by atoms with Gasteiger partial charge in [-0.1, -0.05) is 12.2 Å². The normalized spacial score (nSPS) is 17.5. The SMILES string of the molecule is C=C(C)CN1CCC(NC(=NC)NCc2ncc(C)s2)CC1. The summed E-state index contributed by atoms with van der Waals surface area (Å²) in [6.45, 7) is 12.1. The van der Waals surface area contributed by atoms with Crippen LogP contribution in [0.15, 0.2) is 23.3 Å². The van der Waals surface area contributed by atoms with Crippen molar-refractivity contribution in [1.82, 2.24) is 20.5 Å². The number of aryl methyl sites for hydroxylation is 1. The van der Waals surface area contributed by atoms with Gasteiger partial charge in [0.2, 0.25) is 0 Å². The molecule has 0 amide bonds. The molecule has 1 fully saturated rings. The third kappa shape index (κ3) is 5.42. The fourth-order valence-electron chi connectivity index (χ4n) is 2.65. The maximum atomic E-state index is 4.36. The molecule has 5 nitrogen and oxygen atoms in total. The smallest absolute Gasteiger partial charge is 0.191 e. The highest BCUT2D eigenvalue weighted by molar-refractivity contribution is 7.11. The standard InChI is InChI=1S/C16H27N5S/c1-12(2)11-21-7-5-14(6-8-21)20-16(17-4)19-10-15-18-9-13(3)22-15/h9,14H,1,5-8,10-11H2,2-4H3,(H2,17,19,20). The maximum Gasteiger partial charge on any atom is 0.191 e. The van der Waals surface area contributed by atoms with Crippen LogP contribution in [0.4, 0.5) is 0 Å². The van der Waals surface area contributed by atoms with Gasteiger partial charge in [0.05, 0.1) is 6.54 Å². The van der Waals surface area contributed by atoms with Crippen molar-refractivity contribution in [2.75, 3.05) is 26.7 Å². The van der Waals surface area contributed by atoms with Gasteiger partial charge in [0.1, 0.15) is 5.01 Å². The Balaban J connectivity index is 1.73. The first kappa shape index (κ1) is 17.0. The maximum absolute atomic E-state index is 4.36. The molecule has 1 aliphatic rings. The van der Waals surface area contributed by atoms with Crippen molar-refractivity contribution in [2.24, 2.45) is 4.99 Å². The van der Waals surface area contributed by atoms with Gasteiger partial charge >= 0.3 is 0 Å². The number of rotatable bonds is 5. The van der Waals surface area contributed by atoms with E-state index in [-0.39, 0.29) is 0 Å². The molecule has 2 N–H and O–H groups in total. The molecule has 0 aliphatic carbocycles. The van der Waals surface area contributed by atoms with Crippen LogP contribution in [0, 0.1) is 6.92 Å². The number of likely N-dealkylation sites (tertiary alicyclic amines) is 1. The zero-order chi connectivity index (χ0) is 15.9. The molecule has 1 saturated heterocycles. The Hall–Kier alpha value is -1.40. The van der Waals surface area contributed by atoms with E-state index in [2.05, 4.69) is 45.9 Å². The molecule has 0 atom stereocenters. The minimum Gasteiger partial charge on any atom is -0.354 e. The van der Waals surface area contributed by atoms with Crippen LogP contribution in [0.5, 0.6) is 0 Å². The Morgan fingerprint density at radius 3 is 2.77 bits per heavy atom. The Kier molecular flexibility index (Phi) is 6.39. The van der Waals surface area contributed by atoms with Crippen LogP contribution in [-0.4, -0.2) is 48.6 Å². The summed E-state index contributed by atoms with van der Waals surface area (Å²) in [5.74, 6) is 0.867. The molecule has 0 radical (unpaired) electrons. The molecule has 0 bridgehead atoms. The molecular formula is C16H27N5S. The quantitative estimate of drug-likeness (QED) is 0.496. The van der Waals surface area contributed by atoms with E-state index in [1.165, 1.54) is 10.5 Å². The van der Waals surface area contributed by atoms with E-state index >= 15 is 0 Å². The van der Waals surface area contributed by atoms with Gasteiger partial charge in [-0.2, -0.15) is 0 Å². The monoisotopic (exact) mass is 321 g/mol. The van der Waals surface area contributed by atoms with Gasteiger partial charge in [-0.05, 0) is 26.7 Å². The lowest BCUT2D eigenvalue weighted by Crippen LogP contribution is -2.48. The molecule has 6 heteroatoms. The van der Waals surface area contributed by atoms with Gasteiger partial charge in [-0.15, -0.1) is 11.3 Å². The topological polar surface area (TPSA) is 52.5 Å². The van der Waals surface area contributed by atoms with Crippen molar-refractivity contribution < 1.29 is 0 Å². The van der Waals surface area contributed by atoms with Crippen molar-refractivity contribution in [3.05, 3.63) is 28.2 Å². The van der Waals surface area contributed by atoms with Crippen molar-refractivity contribution in [3.63, 3.8) is 0 Å². The molecule has 2 heterocycles. The fourth-order valence-corrected chi connectivity index (χ4v) is 3.37.